The van der Waals surface area contributed by atoms with E-state index in [2.05, 4.69) is 0 Å². The standard InChI is InChI=1S/C20H20FN3O/c21-17-6-2-1-5-14(17)13-24-18-8-7-16(22)11-15(18)12-19(24)20(25)23-9-3-4-10-23/h1-2,5-8,11-12H,3-4,9-10,13,22H2. The number of nitrogens with two attached hydrogens (primary N) is 1. The Morgan fingerprint density at radius 2 is 1.84 bits per heavy atom. The monoisotopic (exact) mass is 337 g/mol. The molecule has 0 saturated carbocycles. The van der Waals surface area contributed by atoms with Crippen LogP contribution in [0.1, 0.15) is 28.9 Å². The molecule has 0 aliphatic carbocycles. The molecule has 2 aromatic carbocycles. The predicted molar refractivity (Wildman–Crippen MR) is 97.0 cm³/mol. The number of halogens is 1. The van der Waals surface area contributed by atoms with Gasteiger partial charge in [-0.05, 0) is 43.2 Å². The van der Waals surface area contributed by atoms with Crippen LogP contribution in [-0.4, -0.2) is 28.5 Å². The normalized spacial score (nSPS) is 14.4. The van der Waals surface area contributed by atoms with E-state index in [1.54, 1.807) is 12.1 Å². The molecule has 0 spiro atoms. The number of rotatable bonds is 3. The molecular formula is C20H20FN3O. The fourth-order valence-corrected chi connectivity index (χ4v) is 3.52. The highest BCUT2D eigenvalue weighted by molar-refractivity contribution is 5.99. The molecule has 1 aromatic heterocycles. The van der Waals surface area contributed by atoms with Crippen LogP contribution in [0.5, 0.6) is 0 Å². The summed E-state index contributed by atoms with van der Waals surface area (Å²) in [5, 5.41) is 0.902. The largest absolute Gasteiger partial charge is 0.399 e. The van der Waals surface area contributed by atoms with Gasteiger partial charge in [-0.3, -0.25) is 4.79 Å². The number of amides is 1. The zero-order valence-corrected chi connectivity index (χ0v) is 13.9. The molecule has 5 heteroatoms. The summed E-state index contributed by atoms with van der Waals surface area (Å²) in [7, 11) is 0. The zero-order valence-electron chi connectivity index (χ0n) is 13.9. The number of nitrogens with zero attached hydrogens (tertiary/aromatic N) is 2. The number of fused-ring (bicyclic) bond motifs is 1. The lowest BCUT2D eigenvalue weighted by Crippen LogP contribution is -2.29. The average Bonchev–Trinajstić information content (AvgIpc) is 3.24. The van der Waals surface area contributed by atoms with E-state index < -0.39 is 0 Å². The first-order valence-corrected chi connectivity index (χ1v) is 8.55. The second kappa shape index (κ2) is 6.24. The Labute approximate surface area is 145 Å². The van der Waals surface area contributed by atoms with Gasteiger partial charge in [0.15, 0.2) is 0 Å². The number of hydrogen-bond acceptors (Lipinski definition) is 2. The fraction of sp³-hybridized carbons (Fsp3) is 0.250. The third kappa shape index (κ3) is 2.86. The van der Waals surface area contributed by atoms with Gasteiger partial charge in [0, 0.05) is 35.2 Å². The first kappa shape index (κ1) is 15.7. The maximum atomic E-state index is 14.2. The summed E-state index contributed by atoms with van der Waals surface area (Å²) in [4.78, 5) is 14.8. The minimum atomic E-state index is -0.264. The lowest BCUT2D eigenvalue weighted by atomic mass is 10.2. The number of carbonyl (C=O) groups is 1. The Morgan fingerprint density at radius 3 is 2.60 bits per heavy atom. The molecule has 2 N–H and O–H groups in total. The fourth-order valence-electron chi connectivity index (χ4n) is 3.52. The van der Waals surface area contributed by atoms with Gasteiger partial charge in [0.05, 0.1) is 6.54 Å². The first-order valence-electron chi connectivity index (χ1n) is 8.55. The molecule has 0 radical (unpaired) electrons. The topological polar surface area (TPSA) is 51.3 Å². The molecule has 0 atom stereocenters. The molecule has 0 bridgehead atoms. The Bertz CT molecular complexity index is 941. The maximum Gasteiger partial charge on any atom is 0.270 e. The summed E-state index contributed by atoms with van der Waals surface area (Å²) in [5.74, 6) is -0.261. The van der Waals surface area contributed by atoms with Gasteiger partial charge in [-0.25, -0.2) is 4.39 Å². The van der Waals surface area contributed by atoms with Crippen molar-refractivity contribution in [1.82, 2.24) is 9.47 Å². The van der Waals surface area contributed by atoms with Gasteiger partial charge in [-0.2, -0.15) is 0 Å². The highest BCUT2D eigenvalue weighted by atomic mass is 19.1. The second-order valence-electron chi connectivity index (χ2n) is 6.52. The maximum absolute atomic E-state index is 14.2. The Morgan fingerprint density at radius 1 is 1.08 bits per heavy atom. The van der Waals surface area contributed by atoms with E-state index in [1.165, 1.54) is 6.07 Å². The number of nitrogen functional groups attached to an aromatic ring is 1. The highest BCUT2D eigenvalue weighted by Gasteiger charge is 2.24. The number of carbonyl (C=O) groups excluding carboxylic acids is 1. The minimum absolute atomic E-state index is 0.00334. The van der Waals surface area contributed by atoms with E-state index in [0.29, 0.717) is 23.5 Å². The Kier molecular flexibility index (Phi) is 3.92. The van der Waals surface area contributed by atoms with E-state index >= 15 is 0 Å². The number of anilines is 1. The summed E-state index contributed by atoms with van der Waals surface area (Å²) in [5.41, 5.74) is 8.58. The SMILES string of the molecule is Nc1ccc2c(c1)cc(C(=O)N1CCCC1)n2Cc1ccccc1F. The third-order valence-electron chi connectivity index (χ3n) is 4.82. The lowest BCUT2D eigenvalue weighted by molar-refractivity contribution is 0.0783. The van der Waals surface area contributed by atoms with Crippen LogP contribution in [0, 0.1) is 5.82 Å². The quantitative estimate of drug-likeness (QED) is 0.742. The van der Waals surface area contributed by atoms with Gasteiger partial charge in [0.2, 0.25) is 0 Å². The predicted octanol–water partition coefficient (Wildman–Crippen LogP) is 3.65. The number of aromatic nitrogens is 1. The molecule has 3 aromatic rings. The van der Waals surface area contributed by atoms with Crippen LogP contribution in [0.2, 0.25) is 0 Å². The molecule has 2 heterocycles. The van der Waals surface area contributed by atoms with E-state index in [0.717, 1.165) is 36.8 Å². The summed E-state index contributed by atoms with van der Waals surface area (Å²) in [6, 6.07) is 14.1. The molecule has 1 saturated heterocycles. The van der Waals surface area contributed by atoms with Crippen molar-refractivity contribution < 1.29 is 9.18 Å². The van der Waals surface area contributed by atoms with E-state index in [-0.39, 0.29) is 11.7 Å². The van der Waals surface area contributed by atoms with Crippen LogP contribution in [0.3, 0.4) is 0 Å². The van der Waals surface area contributed by atoms with E-state index in [1.807, 2.05) is 39.8 Å². The van der Waals surface area contributed by atoms with Gasteiger partial charge in [-0.15, -0.1) is 0 Å². The van der Waals surface area contributed by atoms with Gasteiger partial charge < -0.3 is 15.2 Å². The highest BCUT2D eigenvalue weighted by Crippen LogP contribution is 2.26. The number of likely N-dealkylation sites (tertiary alicyclic amines) is 1. The van der Waals surface area contributed by atoms with Crippen LogP contribution in [-0.2, 0) is 6.54 Å². The molecular weight excluding hydrogens is 317 g/mol. The van der Waals surface area contributed by atoms with Crippen LogP contribution < -0.4 is 5.73 Å². The van der Waals surface area contributed by atoms with Gasteiger partial charge in [0.25, 0.3) is 5.91 Å². The zero-order chi connectivity index (χ0) is 17.4. The summed E-state index contributed by atoms with van der Waals surface area (Å²) >= 11 is 0. The van der Waals surface area contributed by atoms with Gasteiger partial charge in [0.1, 0.15) is 11.5 Å². The Hall–Kier alpha value is -2.82. The van der Waals surface area contributed by atoms with Crippen LogP contribution in [0.4, 0.5) is 10.1 Å². The van der Waals surface area contributed by atoms with Crippen LogP contribution in [0.15, 0.2) is 48.5 Å². The molecule has 1 aliphatic rings. The molecule has 0 unspecified atom stereocenters. The van der Waals surface area contributed by atoms with Crippen molar-refractivity contribution in [2.75, 3.05) is 18.8 Å². The molecule has 1 amide bonds. The molecule has 25 heavy (non-hydrogen) atoms. The minimum Gasteiger partial charge on any atom is -0.399 e. The first-order chi connectivity index (χ1) is 12.1. The third-order valence-corrected chi connectivity index (χ3v) is 4.82. The van der Waals surface area contributed by atoms with Crippen molar-refractivity contribution in [2.45, 2.75) is 19.4 Å². The van der Waals surface area contributed by atoms with Crippen molar-refractivity contribution >= 4 is 22.5 Å². The van der Waals surface area contributed by atoms with Crippen LogP contribution in [0.25, 0.3) is 10.9 Å². The molecule has 4 nitrogen and oxygen atoms in total. The molecule has 4 rings (SSSR count). The summed E-state index contributed by atoms with van der Waals surface area (Å²) in [6.07, 6.45) is 2.07. The second-order valence-corrected chi connectivity index (χ2v) is 6.52. The van der Waals surface area contributed by atoms with Gasteiger partial charge >= 0.3 is 0 Å². The summed E-state index contributed by atoms with van der Waals surface area (Å²) in [6.45, 7) is 1.87. The number of benzene rings is 2. The van der Waals surface area contributed by atoms with Crippen molar-refractivity contribution in [3.63, 3.8) is 0 Å². The van der Waals surface area contributed by atoms with Gasteiger partial charge in [-0.1, -0.05) is 18.2 Å². The molecule has 1 fully saturated rings. The Balaban J connectivity index is 1.83. The smallest absolute Gasteiger partial charge is 0.270 e. The molecule has 1 aliphatic heterocycles. The van der Waals surface area contributed by atoms with Crippen LogP contribution >= 0.6 is 0 Å². The molecule has 128 valence electrons. The van der Waals surface area contributed by atoms with Crippen molar-refractivity contribution in [1.29, 1.82) is 0 Å². The summed E-state index contributed by atoms with van der Waals surface area (Å²) < 4.78 is 16.0. The van der Waals surface area contributed by atoms with Crippen molar-refractivity contribution in [3.05, 3.63) is 65.6 Å². The lowest BCUT2D eigenvalue weighted by Gasteiger charge is -2.17. The van der Waals surface area contributed by atoms with Crippen molar-refractivity contribution in [3.8, 4) is 0 Å². The van der Waals surface area contributed by atoms with Crippen molar-refractivity contribution in [2.24, 2.45) is 0 Å². The number of hydrogen-bond donors (Lipinski definition) is 1. The van der Waals surface area contributed by atoms with E-state index in [4.69, 9.17) is 5.73 Å². The average molecular weight is 337 g/mol. The van der Waals surface area contributed by atoms with E-state index in [9.17, 15) is 9.18 Å².